The number of Topliss-reactive ketones (excluding diaryl/α,β-unsaturated/α-hetero) is 1. The number of aliphatic hydroxyl groups excluding tert-OH is 1. The number of urea groups is 1. The van der Waals surface area contributed by atoms with Gasteiger partial charge in [-0.3, -0.25) is 19.2 Å². The number of primary amides is 1. The Hall–Kier alpha value is -5.15. The zero-order valence-electron chi connectivity index (χ0n) is 24.9. The molecular formula is C37H32N2O7. The number of amides is 4. The number of nitrogens with two attached hydrogens (primary N) is 1. The summed E-state index contributed by atoms with van der Waals surface area (Å²) in [5, 5.41) is 9.62. The summed E-state index contributed by atoms with van der Waals surface area (Å²) in [6.07, 6.45) is 3.64. The van der Waals surface area contributed by atoms with Gasteiger partial charge >= 0.3 is 6.03 Å². The highest BCUT2D eigenvalue weighted by Gasteiger charge is 2.66. The predicted octanol–water partition coefficient (Wildman–Crippen LogP) is 3.96. The molecular weight excluding hydrogens is 584 g/mol. The molecule has 7 rings (SSSR count). The maximum Gasteiger partial charge on any atom is 0.328 e. The average Bonchev–Trinajstić information content (AvgIpc) is 3.34. The van der Waals surface area contributed by atoms with E-state index in [1.807, 2.05) is 54.6 Å². The molecule has 0 radical (unpaired) electrons. The van der Waals surface area contributed by atoms with Crippen LogP contribution in [0.4, 0.5) is 4.79 Å². The lowest BCUT2D eigenvalue weighted by Gasteiger charge is -2.55. The van der Waals surface area contributed by atoms with Crippen molar-refractivity contribution in [1.82, 2.24) is 4.90 Å². The summed E-state index contributed by atoms with van der Waals surface area (Å²) in [6, 6.07) is 24.3. The number of fused-ring (bicyclic) bond motifs is 4. The van der Waals surface area contributed by atoms with E-state index in [2.05, 4.69) is 0 Å². The number of imide groups is 3. The normalized spacial score (nSPS) is 28.5. The lowest BCUT2D eigenvalue weighted by molar-refractivity contribution is -0.137. The molecule has 2 fully saturated rings. The molecule has 6 atom stereocenters. The van der Waals surface area contributed by atoms with Crippen LogP contribution in [0.25, 0.3) is 5.57 Å². The van der Waals surface area contributed by atoms with E-state index in [1.54, 1.807) is 36.4 Å². The Kier molecular flexibility index (Phi) is 7.28. The van der Waals surface area contributed by atoms with Gasteiger partial charge in [0, 0.05) is 23.0 Å². The second-order valence-electron chi connectivity index (χ2n) is 12.2. The van der Waals surface area contributed by atoms with Crippen LogP contribution in [0.2, 0.25) is 0 Å². The minimum Gasteiger partial charge on any atom is -0.491 e. The number of allylic oxidation sites excluding steroid dienone is 4. The van der Waals surface area contributed by atoms with Crippen LogP contribution in [-0.2, 0) is 24.6 Å². The average molecular weight is 617 g/mol. The van der Waals surface area contributed by atoms with E-state index < -0.39 is 52.8 Å². The lowest BCUT2D eigenvalue weighted by Crippen LogP contribution is -2.59. The number of hydrogen-bond donors (Lipinski definition) is 2. The van der Waals surface area contributed by atoms with E-state index in [0.717, 1.165) is 5.57 Å². The Morgan fingerprint density at radius 3 is 2.26 bits per heavy atom. The molecule has 46 heavy (non-hydrogen) atoms. The van der Waals surface area contributed by atoms with Gasteiger partial charge < -0.3 is 15.6 Å². The number of benzene rings is 3. The van der Waals surface area contributed by atoms with Crippen molar-refractivity contribution in [2.75, 3.05) is 13.2 Å². The molecule has 9 heteroatoms. The molecule has 3 aliphatic carbocycles. The van der Waals surface area contributed by atoms with Gasteiger partial charge in [-0.1, -0.05) is 90.5 Å². The van der Waals surface area contributed by atoms with Crippen LogP contribution in [0, 0.1) is 23.7 Å². The molecule has 232 valence electrons. The molecule has 3 N–H and O–H groups in total. The minimum absolute atomic E-state index is 0.00414. The Morgan fingerprint density at radius 1 is 0.891 bits per heavy atom. The van der Waals surface area contributed by atoms with Crippen molar-refractivity contribution >= 4 is 35.0 Å². The predicted molar refractivity (Wildman–Crippen MR) is 167 cm³/mol. The highest BCUT2D eigenvalue weighted by molar-refractivity contribution is 6.31. The van der Waals surface area contributed by atoms with Gasteiger partial charge in [-0.2, -0.15) is 4.90 Å². The number of para-hydroxylation sites is 1. The van der Waals surface area contributed by atoms with Gasteiger partial charge in [0.15, 0.2) is 11.6 Å². The van der Waals surface area contributed by atoms with Crippen molar-refractivity contribution in [2.45, 2.75) is 24.2 Å². The summed E-state index contributed by atoms with van der Waals surface area (Å²) in [5.41, 5.74) is 7.00. The minimum atomic E-state index is -1.42. The first-order valence-electron chi connectivity index (χ1n) is 15.4. The van der Waals surface area contributed by atoms with Gasteiger partial charge in [-0.25, -0.2) is 4.79 Å². The van der Waals surface area contributed by atoms with E-state index in [4.69, 9.17) is 10.5 Å². The third-order valence-electron chi connectivity index (χ3n) is 10.2. The fraction of sp³-hybridized carbons (Fsp3) is 0.270. The Balaban J connectivity index is 1.52. The number of carbonyl (C=O) groups is 5. The van der Waals surface area contributed by atoms with Crippen LogP contribution in [0.5, 0.6) is 5.75 Å². The lowest BCUT2D eigenvalue weighted by atomic mass is 9.44. The molecule has 1 heterocycles. The molecule has 0 spiro atoms. The fourth-order valence-corrected chi connectivity index (χ4v) is 8.44. The first-order valence-corrected chi connectivity index (χ1v) is 15.4. The van der Waals surface area contributed by atoms with Gasteiger partial charge in [0.25, 0.3) is 0 Å². The van der Waals surface area contributed by atoms with E-state index >= 15 is 4.79 Å². The van der Waals surface area contributed by atoms with Crippen LogP contribution in [-0.4, -0.2) is 52.6 Å². The zero-order chi connectivity index (χ0) is 32.2. The third-order valence-corrected chi connectivity index (χ3v) is 10.2. The van der Waals surface area contributed by atoms with Gasteiger partial charge in [-0.15, -0.1) is 0 Å². The van der Waals surface area contributed by atoms with Gasteiger partial charge in [-0.05, 0) is 42.0 Å². The van der Waals surface area contributed by atoms with Crippen LogP contribution in [0.3, 0.4) is 0 Å². The van der Waals surface area contributed by atoms with Crippen LogP contribution >= 0.6 is 0 Å². The molecule has 4 aliphatic rings. The van der Waals surface area contributed by atoms with Crippen molar-refractivity contribution in [3.05, 3.63) is 119 Å². The molecule has 0 bridgehead atoms. The topological polar surface area (TPSA) is 144 Å². The molecule has 9 nitrogen and oxygen atoms in total. The quantitative estimate of drug-likeness (QED) is 0.315. The first kappa shape index (κ1) is 29.6. The van der Waals surface area contributed by atoms with Crippen molar-refractivity contribution in [3.63, 3.8) is 0 Å². The van der Waals surface area contributed by atoms with Crippen molar-refractivity contribution in [2.24, 2.45) is 29.4 Å². The number of carbonyl (C=O) groups excluding carboxylic acids is 5. The molecule has 1 saturated carbocycles. The molecule has 0 aromatic heterocycles. The summed E-state index contributed by atoms with van der Waals surface area (Å²) >= 11 is 0. The molecule has 3 aromatic carbocycles. The van der Waals surface area contributed by atoms with Gasteiger partial charge in [0.1, 0.15) is 12.4 Å². The Bertz CT molecular complexity index is 1830. The maximum absolute atomic E-state index is 15.0. The second-order valence-corrected chi connectivity index (χ2v) is 12.2. The van der Waals surface area contributed by atoms with Gasteiger partial charge in [0.05, 0.1) is 23.9 Å². The van der Waals surface area contributed by atoms with E-state index in [0.29, 0.717) is 27.3 Å². The van der Waals surface area contributed by atoms with Crippen LogP contribution in [0.15, 0.2) is 103 Å². The van der Waals surface area contributed by atoms with E-state index in [9.17, 15) is 24.3 Å². The summed E-state index contributed by atoms with van der Waals surface area (Å²) in [7, 11) is 0. The highest BCUT2D eigenvalue weighted by Crippen LogP contribution is 2.64. The number of nitrogens with zero attached hydrogens (tertiary/aromatic N) is 1. The molecule has 3 aromatic rings. The summed E-state index contributed by atoms with van der Waals surface area (Å²) in [4.78, 5) is 69.8. The Labute approximate surface area is 265 Å². The monoisotopic (exact) mass is 616 g/mol. The Morgan fingerprint density at radius 2 is 1.57 bits per heavy atom. The van der Waals surface area contributed by atoms with Crippen LogP contribution in [0.1, 0.15) is 35.4 Å². The molecule has 1 saturated heterocycles. The summed E-state index contributed by atoms with van der Waals surface area (Å²) in [6.45, 7) is -0.231. The molecule has 1 aliphatic heterocycles. The molecule has 0 unspecified atom stereocenters. The zero-order valence-corrected chi connectivity index (χ0v) is 24.9. The summed E-state index contributed by atoms with van der Waals surface area (Å²) < 4.78 is 6.03. The largest absolute Gasteiger partial charge is 0.491 e. The molecule has 4 amide bonds. The number of hydrogen-bond acceptors (Lipinski definition) is 7. The van der Waals surface area contributed by atoms with Crippen LogP contribution < -0.4 is 10.5 Å². The first-order chi connectivity index (χ1) is 22.3. The van der Waals surface area contributed by atoms with E-state index in [-0.39, 0.29) is 43.2 Å². The maximum atomic E-state index is 15.0. The number of ether oxygens (including phenoxy) is 1. The van der Waals surface area contributed by atoms with Crippen molar-refractivity contribution in [1.29, 1.82) is 0 Å². The smallest absolute Gasteiger partial charge is 0.328 e. The highest BCUT2D eigenvalue weighted by atomic mass is 16.5. The number of aliphatic hydroxyl groups is 1. The number of ketones is 2. The standard InChI is InChI=1S/C37H32N2O7/c38-36(45)39-34(43)25-16-15-23-27(31(25)35(39)44)19-28-33(42)26(21-9-3-1-4-10-21)20-30(41)37(28,22-11-5-2-6-12-22)32(23)24-13-7-8-14-29(24)46-18-17-40/h1-15,20,25,27-28,31-32,40H,16-19H2,(H2,38,45)/t25-,27+,28-,31-,32+,37-/m0/s1. The van der Waals surface area contributed by atoms with Crippen molar-refractivity contribution in [3.8, 4) is 5.75 Å². The SMILES string of the molecule is NC(=O)N1C(=O)[C@H]2[C@H](CC=C3[C@H]2C[C@H]2C(=O)C(c4ccccc4)=CC(=O)[C@@]2(c2ccccc2)[C@H]3c2ccccc2OCCO)C1=O. The number of likely N-dealkylation sites (tertiary alicyclic amines) is 1. The van der Waals surface area contributed by atoms with Gasteiger partial charge in [0.2, 0.25) is 11.8 Å². The number of rotatable bonds is 6. The second kappa shape index (κ2) is 11.3. The third kappa shape index (κ3) is 4.22. The van der Waals surface area contributed by atoms with E-state index in [1.165, 1.54) is 6.08 Å². The summed E-state index contributed by atoms with van der Waals surface area (Å²) in [5.74, 6) is -5.44. The van der Waals surface area contributed by atoms with Crippen molar-refractivity contribution < 1.29 is 33.8 Å². The fourth-order valence-electron chi connectivity index (χ4n) is 8.44.